The zero-order chi connectivity index (χ0) is 18.5. The number of nitrogens with one attached hydrogen (secondary N) is 1. The van der Waals surface area contributed by atoms with Crippen molar-refractivity contribution in [2.45, 2.75) is 49.3 Å². The van der Waals surface area contributed by atoms with Gasteiger partial charge in [-0.25, -0.2) is 4.98 Å². The van der Waals surface area contributed by atoms with Crippen LogP contribution in [0.25, 0.3) is 0 Å². The first-order chi connectivity index (χ1) is 12.6. The molecule has 1 aromatic heterocycles. The zero-order valence-electron chi connectivity index (χ0n) is 14.6. The van der Waals surface area contributed by atoms with Gasteiger partial charge in [-0.15, -0.1) is 0 Å². The van der Waals surface area contributed by atoms with Crippen molar-refractivity contribution >= 4 is 35.0 Å². The van der Waals surface area contributed by atoms with Crippen molar-refractivity contribution in [2.24, 2.45) is 0 Å². The highest BCUT2D eigenvalue weighted by atomic mass is 35.5. The van der Waals surface area contributed by atoms with E-state index in [1.165, 1.54) is 17.3 Å². The van der Waals surface area contributed by atoms with E-state index >= 15 is 0 Å². The Kier molecular flexibility index (Phi) is 6.18. The summed E-state index contributed by atoms with van der Waals surface area (Å²) in [5, 5.41) is 13.2. The number of hydrogen-bond acceptors (Lipinski definition) is 4. The average Bonchev–Trinajstić information content (AvgIpc) is 2.67. The molecule has 3 rings (SSSR count). The molecule has 26 heavy (non-hydrogen) atoms. The zero-order valence-corrected chi connectivity index (χ0v) is 16.2. The molecule has 4 nitrogen and oxygen atoms in total. The standard InChI is InChI=1S/C20H20ClN3OS/c1-2-18(19(25)23-17-10-6-4-8-15(17)21)26-20-14(12-22)11-13-7-3-5-9-16(13)24-20/h4,6,8,10-11,18H,2-3,5,7,9H2,1H3,(H,23,25). The van der Waals surface area contributed by atoms with Crippen LogP contribution in [0.1, 0.15) is 43.0 Å². The maximum atomic E-state index is 12.7. The van der Waals surface area contributed by atoms with Crippen LogP contribution in [0.3, 0.4) is 0 Å². The molecule has 1 amide bonds. The fraction of sp³-hybridized carbons (Fsp3) is 0.350. The summed E-state index contributed by atoms with van der Waals surface area (Å²) in [6.45, 7) is 1.95. The van der Waals surface area contributed by atoms with E-state index in [1.807, 2.05) is 25.1 Å². The molecule has 0 radical (unpaired) electrons. The molecule has 134 valence electrons. The quantitative estimate of drug-likeness (QED) is 0.736. The van der Waals surface area contributed by atoms with Crippen molar-refractivity contribution in [3.8, 4) is 6.07 Å². The Morgan fingerprint density at radius 1 is 1.38 bits per heavy atom. The number of rotatable bonds is 5. The predicted molar refractivity (Wildman–Crippen MR) is 106 cm³/mol. The topological polar surface area (TPSA) is 65.8 Å². The Bertz CT molecular complexity index is 863. The van der Waals surface area contributed by atoms with Crippen LogP contribution in [-0.4, -0.2) is 16.1 Å². The molecule has 1 aliphatic carbocycles. The Morgan fingerprint density at radius 3 is 2.88 bits per heavy atom. The molecule has 1 heterocycles. The molecule has 1 atom stereocenters. The maximum Gasteiger partial charge on any atom is 0.237 e. The Balaban J connectivity index is 1.80. The average molecular weight is 386 g/mol. The number of pyridine rings is 1. The normalized spacial score (nSPS) is 14.2. The Labute approximate surface area is 163 Å². The van der Waals surface area contributed by atoms with Crippen LogP contribution < -0.4 is 5.32 Å². The first kappa shape index (κ1) is 18.8. The number of carbonyl (C=O) groups excluding carboxylic acids is 1. The van der Waals surface area contributed by atoms with E-state index in [4.69, 9.17) is 16.6 Å². The number of thioether (sulfide) groups is 1. The molecule has 0 fully saturated rings. The predicted octanol–water partition coefficient (Wildman–Crippen LogP) is 4.99. The fourth-order valence-electron chi connectivity index (χ4n) is 3.02. The molecule has 1 N–H and O–H groups in total. The first-order valence-corrected chi connectivity index (χ1v) is 10.0. The van der Waals surface area contributed by atoms with Gasteiger partial charge in [-0.3, -0.25) is 4.79 Å². The van der Waals surface area contributed by atoms with E-state index in [1.54, 1.807) is 12.1 Å². The van der Waals surface area contributed by atoms with Gasteiger partial charge in [0.2, 0.25) is 5.91 Å². The third kappa shape index (κ3) is 4.20. The lowest BCUT2D eigenvalue weighted by Gasteiger charge is -2.19. The van der Waals surface area contributed by atoms with Crippen LogP contribution >= 0.6 is 23.4 Å². The lowest BCUT2D eigenvalue weighted by atomic mass is 9.95. The summed E-state index contributed by atoms with van der Waals surface area (Å²) in [5.74, 6) is -0.131. The number of nitriles is 1. The smallest absolute Gasteiger partial charge is 0.237 e. The van der Waals surface area contributed by atoms with E-state index in [2.05, 4.69) is 11.4 Å². The highest BCUT2D eigenvalue weighted by molar-refractivity contribution is 8.00. The summed E-state index contributed by atoms with van der Waals surface area (Å²) in [6.07, 6.45) is 4.82. The lowest BCUT2D eigenvalue weighted by Crippen LogP contribution is -2.25. The second-order valence-corrected chi connectivity index (χ2v) is 7.85. The third-order valence-electron chi connectivity index (χ3n) is 4.44. The largest absolute Gasteiger partial charge is 0.324 e. The molecular formula is C20H20ClN3OS. The van der Waals surface area contributed by atoms with E-state index < -0.39 is 0 Å². The van der Waals surface area contributed by atoms with Gasteiger partial charge in [-0.2, -0.15) is 5.26 Å². The number of benzene rings is 1. The number of fused-ring (bicyclic) bond motifs is 1. The van der Waals surface area contributed by atoms with Crippen LogP contribution in [0.5, 0.6) is 0 Å². The molecule has 1 aliphatic rings. The van der Waals surface area contributed by atoms with E-state index in [0.29, 0.717) is 27.7 Å². The SMILES string of the molecule is CCC(Sc1nc2c(cc1C#N)CCCC2)C(=O)Nc1ccccc1Cl. The molecule has 2 aromatic rings. The van der Waals surface area contributed by atoms with Gasteiger partial charge in [0.25, 0.3) is 0 Å². The van der Waals surface area contributed by atoms with E-state index in [9.17, 15) is 10.1 Å². The van der Waals surface area contributed by atoms with Gasteiger partial charge in [-0.05, 0) is 55.9 Å². The van der Waals surface area contributed by atoms with E-state index in [0.717, 1.165) is 31.4 Å². The van der Waals surface area contributed by atoms with Gasteiger partial charge in [0.05, 0.1) is 21.5 Å². The molecule has 6 heteroatoms. The summed E-state index contributed by atoms with van der Waals surface area (Å²) < 4.78 is 0. The van der Waals surface area contributed by atoms with E-state index in [-0.39, 0.29) is 11.2 Å². The Morgan fingerprint density at radius 2 is 2.15 bits per heavy atom. The number of nitrogens with zero attached hydrogens (tertiary/aromatic N) is 2. The van der Waals surface area contributed by atoms with Crippen LogP contribution in [0, 0.1) is 11.3 Å². The van der Waals surface area contributed by atoms with Crippen molar-refractivity contribution in [1.82, 2.24) is 4.98 Å². The van der Waals surface area contributed by atoms with Gasteiger partial charge in [0.15, 0.2) is 0 Å². The van der Waals surface area contributed by atoms with Gasteiger partial charge in [-0.1, -0.05) is 42.4 Å². The maximum absolute atomic E-state index is 12.7. The van der Waals surface area contributed by atoms with Crippen molar-refractivity contribution in [3.05, 3.63) is 52.2 Å². The highest BCUT2D eigenvalue weighted by Crippen LogP contribution is 2.32. The fourth-order valence-corrected chi connectivity index (χ4v) is 4.20. The summed E-state index contributed by atoms with van der Waals surface area (Å²) in [5.41, 5.74) is 3.39. The number of hydrogen-bond donors (Lipinski definition) is 1. The number of para-hydroxylation sites is 1. The van der Waals surface area contributed by atoms with Crippen LogP contribution in [0.4, 0.5) is 5.69 Å². The van der Waals surface area contributed by atoms with Crippen LogP contribution in [0.2, 0.25) is 5.02 Å². The minimum Gasteiger partial charge on any atom is -0.324 e. The lowest BCUT2D eigenvalue weighted by molar-refractivity contribution is -0.115. The second-order valence-electron chi connectivity index (χ2n) is 6.25. The van der Waals surface area contributed by atoms with Crippen LogP contribution in [-0.2, 0) is 17.6 Å². The number of amides is 1. The second kappa shape index (κ2) is 8.57. The molecule has 0 saturated carbocycles. The summed E-state index contributed by atoms with van der Waals surface area (Å²) >= 11 is 7.48. The minimum atomic E-state index is -0.340. The highest BCUT2D eigenvalue weighted by Gasteiger charge is 2.23. The minimum absolute atomic E-state index is 0.131. The number of halogens is 1. The molecule has 0 saturated heterocycles. The van der Waals surface area contributed by atoms with Gasteiger partial charge in [0, 0.05) is 5.69 Å². The summed E-state index contributed by atoms with van der Waals surface area (Å²) in [6, 6.07) is 11.3. The van der Waals surface area contributed by atoms with Crippen molar-refractivity contribution in [1.29, 1.82) is 5.26 Å². The third-order valence-corrected chi connectivity index (χ3v) is 6.13. The Hall–Kier alpha value is -2.03. The first-order valence-electron chi connectivity index (χ1n) is 8.77. The monoisotopic (exact) mass is 385 g/mol. The van der Waals surface area contributed by atoms with Gasteiger partial charge in [0.1, 0.15) is 11.1 Å². The van der Waals surface area contributed by atoms with Crippen molar-refractivity contribution < 1.29 is 4.79 Å². The summed E-state index contributed by atoms with van der Waals surface area (Å²) in [4.78, 5) is 17.4. The van der Waals surface area contributed by atoms with Crippen molar-refractivity contribution in [2.75, 3.05) is 5.32 Å². The number of anilines is 1. The number of carbonyl (C=O) groups is 1. The van der Waals surface area contributed by atoms with Gasteiger partial charge < -0.3 is 5.32 Å². The molecule has 0 aliphatic heterocycles. The summed E-state index contributed by atoms with van der Waals surface area (Å²) in [7, 11) is 0. The molecular weight excluding hydrogens is 366 g/mol. The van der Waals surface area contributed by atoms with Gasteiger partial charge >= 0.3 is 0 Å². The molecule has 1 unspecified atom stereocenters. The molecule has 1 aromatic carbocycles. The number of aromatic nitrogens is 1. The number of aryl methyl sites for hydroxylation is 2. The molecule has 0 bridgehead atoms. The van der Waals surface area contributed by atoms with Crippen molar-refractivity contribution in [3.63, 3.8) is 0 Å². The molecule has 0 spiro atoms. The van der Waals surface area contributed by atoms with Crippen LogP contribution in [0.15, 0.2) is 35.4 Å².